The van der Waals surface area contributed by atoms with Crippen LogP contribution in [0.5, 0.6) is 0 Å². The van der Waals surface area contributed by atoms with Gasteiger partial charge in [-0.1, -0.05) is 24.3 Å². The average molecular weight is 217 g/mol. The number of benzene rings is 1. The Hall–Kier alpha value is -1.68. The van der Waals surface area contributed by atoms with Crippen LogP contribution in [-0.2, 0) is 0 Å². The van der Waals surface area contributed by atoms with E-state index in [1.54, 1.807) is 12.4 Å². The molecule has 0 amide bonds. The zero-order chi connectivity index (χ0) is 10.5. The standard InChI is InChI=1S/C11H11N3S/c1-9-4-2-3-5-10(9)8-13-14-11-12-6-7-15-11/h2-8H,1H3,(H,12,14)/b13-8+. The molecule has 2 rings (SSSR count). The van der Waals surface area contributed by atoms with Crippen molar-refractivity contribution in [2.45, 2.75) is 6.92 Å². The van der Waals surface area contributed by atoms with E-state index in [1.807, 2.05) is 23.6 Å². The highest BCUT2D eigenvalue weighted by Crippen LogP contribution is 2.10. The summed E-state index contributed by atoms with van der Waals surface area (Å²) < 4.78 is 0. The van der Waals surface area contributed by atoms with Gasteiger partial charge in [0.15, 0.2) is 0 Å². The van der Waals surface area contributed by atoms with Gasteiger partial charge in [0, 0.05) is 11.6 Å². The van der Waals surface area contributed by atoms with Crippen molar-refractivity contribution in [1.82, 2.24) is 4.98 Å². The number of hydrogen-bond acceptors (Lipinski definition) is 4. The number of rotatable bonds is 3. The third-order valence-electron chi connectivity index (χ3n) is 1.98. The first-order valence-corrected chi connectivity index (χ1v) is 5.48. The number of nitrogens with zero attached hydrogens (tertiary/aromatic N) is 2. The monoisotopic (exact) mass is 217 g/mol. The Bertz CT molecular complexity index is 449. The summed E-state index contributed by atoms with van der Waals surface area (Å²) in [6.07, 6.45) is 3.55. The minimum atomic E-state index is 0.805. The van der Waals surface area contributed by atoms with Crippen LogP contribution in [0.2, 0.25) is 0 Å². The summed E-state index contributed by atoms with van der Waals surface area (Å²) in [4.78, 5) is 4.06. The Morgan fingerprint density at radius 1 is 1.40 bits per heavy atom. The Kier molecular flexibility index (Phi) is 3.09. The fourth-order valence-corrected chi connectivity index (χ4v) is 1.65. The molecule has 0 saturated carbocycles. The molecular formula is C11H11N3S. The van der Waals surface area contributed by atoms with Gasteiger partial charge < -0.3 is 0 Å². The molecule has 0 aliphatic heterocycles. The maximum Gasteiger partial charge on any atom is 0.203 e. The molecule has 0 saturated heterocycles. The van der Waals surface area contributed by atoms with Crippen LogP contribution in [0.4, 0.5) is 5.13 Å². The molecule has 0 unspecified atom stereocenters. The maximum absolute atomic E-state index is 4.12. The number of hydrogen-bond donors (Lipinski definition) is 1. The van der Waals surface area contributed by atoms with E-state index in [1.165, 1.54) is 16.9 Å². The fraction of sp³-hybridized carbons (Fsp3) is 0.0909. The van der Waals surface area contributed by atoms with Crippen LogP contribution in [0.3, 0.4) is 0 Å². The van der Waals surface area contributed by atoms with E-state index in [-0.39, 0.29) is 0 Å². The number of nitrogens with one attached hydrogen (secondary N) is 1. The van der Waals surface area contributed by atoms with Gasteiger partial charge in [-0.15, -0.1) is 11.3 Å². The molecule has 0 aliphatic rings. The average Bonchev–Trinajstić information content (AvgIpc) is 2.74. The summed E-state index contributed by atoms with van der Waals surface area (Å²) in [7, 11) is 0. The maximum atomic E-state index is 4.12. The molecule has 2 aromatic rings. The fourth-order valence-electron chi connectivity index (χ4n) is 1.17. The molecule has 1 heterocycles. The van der Waals surface area contributed by atoms with Gasteiger partial charge >= 0.3 is 0 Å². The van der Waals surface area contributed by atoms with Gasteiger partial charge in [0.25, 0.3) is 0 Å². The summed E-state index contributed by atoms with van der Waals surface area (Å²) in [5, 5.41) is 6.83. The molecule has 3 nitrogen and oxygen atoms in total. The summed E-state index contributed by atoms with van der Waals surface area (Å²) >= 11 is 1.53. The first-order chi connectivity index (χ1) is 7.36. The van der Waals surface area contributed by atoms with Crippen LogP contribution in [0, 0.1) is 6.92 Å². The van der Waals surface area contributed by atoms with Crippen LogP contribution in [0.15, 0.2) is 40.9 Å². The Balaban J connectivity index is 2.03. The second-order valence-electron chi connectivity index (χ2n) is 3.06. The second-order valence-corrected chi connectivity index (χ2v) is 3.96. The van der Waals surface area contributed by atoms with E-state index >= 15 is 0 Å². The van der Waals surface area contributed by atoms with E-state index in [0.717, 1.165) is 10.7 Å². The number of anilines is 1. The summed E-state index contributed by atoms with van der Waals surface area (Å²) in [5.41, 5.74) is 5.20. The topological polar surface area (TPSA) is 37.3 Å². The Labute approximate surface area is 92.5 Å². The highest BCUT2D eigenvalue weighted by Gasteiger charge is 1.92. The normalized spacial score (nSPS) is 10.7. The van der Waals surface area contributed by atoms with E-state index in [9.17, 15) is 0 Å². The lowest BCUT2D eigenvalue weighted by Crippen LogP contribution is -1.91. The van der Waals surface area contributed by atoms with Gasteiger partial charge in [-0.3, -0.25) is 5.43 Å². The van der Waals surface area contributed by atoms with Crippen molar-refractivity contribution in [3.8, 4) is 0 Å². The lowest BCUT2D eigenvalue weighted by atomic mass is 10.1. The predicted molar refractivity (Wildman–Crippen MR) is 64.5 cm³/mol. The largest absolute Gasteiger partial charge is 0.253 e. The summed E-state index contributed by atoms with van der Waals surface area (Å²) in [6.45, 7) is 2.06. The van der Waals surface area contributed by atoms with Crippen molar-refractivity contribution in [3.05, 3.63) is 47.0 Å². The van der Waals surface area contributed by atoms with E-state index in [0.29, 0.717) is 0 Å². The molecule has 0 bridgehead atoms. The van der Waals surface area contributed by atoms with Crippen molar-refractivity contribution in [1.29, 1.82) is 0 Å². The third kappa shape index (κ3) is 2.63. The van der Waals surface area contributed by atoms with Gasteiger partial charge in [-0.2, -0.15) is 5.10 Å². The number of aromatic nitrogens is 1. The molecule has 0 atom stereocenters. The molecule has 15 heavy (non-hydrogen) atoms. The van der Waals surface area contributed by atoms with Crippen LogP contribution >= 0.6 is 11.3 Å². The SMILES string of the molecule is Cc1ccccc1/C=N/Nc1nccs1. The summed E-state index contributed by atoms with van der Waals surface area (Å²) in [5.74, 6) is 0. The van der Waals surface area contributed by atoms with E-state index in [4.69, 9.17) is 0 Å². The molecule has 76 valence electrons. The number of thiazole rings is 1. The smallest absolute Gasteiger partial charge is 0.203 e. The quantitative estimate of drug-likeness (QED) is 0.634. The molecule has 1 aromatic heterocycles. The molecule has 0 radical (unpaired) electrons. The highest BCUT2D eigenvalue weighted by atomic mass is 32.1. The minimum absolute atomic E-state index is 0.805. The van der Waals surface area contributed by atoms with Gasteiger partial charge in [0.2, 0.25) is 5.13 Å². The molecule has 1 N–H and O–H groups in total. The lowest BCUT2D eigenvalue weighted by Gasteiger charge is -1.97. The van der Waals surface area contributed by atoms with Crippen LogP contribution in [0.1, 0.15) is 11.1 Å². The first-order valence-electron chi connectivity index (χ1n) is 4.60. The van der Waals surface area contributed by atoms with Gasteiger partial charge in [0.05, 0.1) is 6.21 Å². The lowest BCUT2D eigenvalue weighted by molar-refractivity contribution is 1.28. The van der Waals surface area contributed by atoms with Gasteiger partial charge in [-0.25, -0.2) is 4.98 Å². The minimum Gasteiger partial charge on any atom is -0.253 e. The molecule has 4 heteroatoms. The Morgan fingerprint density at radius 2 is 2.27 bits per heavy atom. The van der Waals surface area contributed by atoms with Crippen molar-refractivity contribution in [2.24, 2.45) is 5.10 Å². The molecule has 0 spiro atoms. The molecule has 0 fully saturated rings. The van der Waals surface area contributed by atoms with Crippen LogP contribution in [-0.4, -0.2) is 11.2 Å². The third-order valence-corrected chi connectivity index (χ3v) is 2.66. The van der Waals surface area contributed by atoms with Crippen LogP contribution in [0.25, 0.3) is 0 Å². The molecule has 1 aromatic carbocycles. The predicted octanol–water partition coefficient (Wildman–Crippen LogP) is 2.90. The summed E-state index contributed by atoms with van der Waals surface area (Å²) in [6, 6.07) is 8.10. The zero-order valence-corrected chi connectivity index (χ0v) is 9.16. The highest BCUT2D eigenvalue weighted by molar-refractivity contribution is 7.13. The van der Waals surface area contributed by atoms with Crippen molar-refractivity contribution in [3.63, 3.8) is 0 Å². The molecular weight excluding hydrogens is 206 g/mol. The van der Waals surface area contributed by atoms with Crippen LogP contribution < -0.4 is 5.43 Å². The number of hydrazone groups is 1. The van der Waals surface area contributed by atoms with Gasteiger partial charge in [-0.05, 0) is 18.1 Å². The van der Waals surface area contributed by atoms with Gasteiger partial charge in [0.1, 0.15) is 0 Å². The number of aryl methyl sites for hydroxylation is 1. The molecule has 0 aliphatic carbocycles. The second kappa shape index (κ2) is 4.70. The Morgan fingerprint density at radius 3 is 3.00 bits per heavy atom. The van der Waals surface area contributed by atoms with E-state index < -0.39 is 0 Å². The van der Waals surface area contributed by atoms with Crippen molar-refractivity contribution >= 4 is 22.7 Å². The van der Waals surface area contributed by atoms with E-state index in [2.05, 4.69) is 28.5 Å². The zero-order valence-electron chi connectivity index (χ0n) is 8.34. The first kappa shape index (κ1) is 9.86. The van der Waals surface area contributed by atoms with Crippen molar-refractivity contribution in [2.75, 3.05) is 5.43 Å². The van der Waals surface area contributed by atoms with Crippen molar-refractivity contribution < 1.29 is 0 Å².